The molecule has 0 radical (unpaired) electrons. The van der Waals surface area contributed by atoms with Gasteiger partial charge >= 0.3 is 5.97 Å². The van der Waals surface area contributed by atoms with E-state index in [0.717, 1.165) is 8.95 Å². The molecule has 17 heavy (non-hydrogen) atoms. The van der Waals surface area contributed by atoms with E-state index in [1.165, 1.54) is 6.92 Å². The zero-order valence-electron chi connectivity index (χ0n) is 8.94. The molecule has 0 fully saturated rings. The van der Waals surface area contributed by atoms with Crippen LogP contribution in [0, 0.1) is 11.3 Å². The molecule has 1 aromatic rings. The molecular weight excluding hydrogens is 354 g/mol. The maximum absolute atomic E-state index is 11.2. The fraction of sp³-hybridized carbons (Fsp3) is 0.273. The molecule has 0 saturated carbocycles. The molecule has 0 bridgehead atoms. The van der Waals surface area contributed by atoms with Crippen LogP contribution in [0.5, 0.6) is 5.75 Å². The summed E-state index contributed by atoms with van der Waals surface area (Å²) in [4.78, 5) is 11.2. The van der Waals surface area contributed by atoms with Crippen molar-refractivity contribution in [3.05, 3.63) is 27.1 Å². The summed E-state index contributed by atoms with van der Waals surface area (Å²) in [5.41, 5.74) is 0. The van der Waals surface area contributed by atoms with Crippen LogP contribution < -0.4 is 4.74 Å². The third-order valence-corrected chi connectivity index (χ3v) is 2.84. The van der Waals surface area contributed by atoms with Gasteiger partial charge in [0.05, 0.1) is 4.47 Å². The van der Waals surface area contributed by atoms with Crippen molar-refractivity contribution in [1.29, 1.82) is 5.26 Å². The first-order valence-electron chi connectivity index (χ1n) is 4.70. The highest BCUT2D eigenvalue weighted by molar-refractivity contribution is 9.11. The van der Waals surface area contributed by atoms with E-state index in [-0.39, 0.29) is 6.61 Å². The van der Waals surface area contributed by atoms with Crippen LogP contribution in [0.15, 0.2) is 27.1 Å². The third-order valence-electron chi connectivity index (χ3n) is 1.73. The largest absolute Gasteiger partial charge is 0.481 e. The summed E-state index contributed by atoms with van der Waals surface area (Å²) in [6.45, 7) is 1.26. The zero-order valence-corrected chi connectivity index (χ0v) is 12.1. The number of benzene rings is 1. The van der Waals surface area contributed by atoms with E-state index in [9.17, 15) is 4.79 Å². The van der Waals surface area contributed by atoms with E-state index in [2.05, 4.69) is 31.9 Å². The Labute approximate surface area is 116 Å². The lowest BCUT2D eigenvalue weighted by molar-refractivity contribution is -0.148. The van der Waals surface area contributed by atoms with E-state index in [1.54, 1.807) is 24.3 Å². The molecule has 4 nitrogen and oxygen atoms in total. The molecule has 0 heterocycles. The number of ether oxygens (including phenoxy) is 2. The van der Waals surface area contributed by atoms with Crippen molar-refractivity contribution in [2.45, 2.75) is 13.0 Å². The second kappa shape index (κ2) is 6.62. The predicted molar refractivity (Wildman–Crippen MR) is 68.5 cm³/mol. The smallest absolute Gasteiger partial charge is 0.345 e. The molecule has 1 rings (SSSR count). The Balaban J connectivity index is 2.51. The summed E-state index contributed by atoms with van der Waals surface area (Å²) < 4.78 is 11.6. The number of carbonyl (C=O) groups is 1. The summed E-state index contributed by atoms with van der Waals surface area (Å²) in [5.74, 6) is -0.0383. The van der Waals surface area contributed by atoms with Gasteiger partial charge in [-0.2, -0.15) is 5.26 Å². The van der Waals surface area contributed by atoms with E-state index < -0.39 is 12.1 Å². The lowest BCUT2D eigenvalue weighted by Crippen LogP contribution is -2.19. The van der Waals surface area contributed by atoms with Gasteiger partial charge in [0.15, 0.2) is 12.7 Å². The van der Waals surface area contributed by atoms with Crippen LogP contribution in [0.2, 0.25) is 0 Å². The molecular formula is C11H9Br2NO3. The Hall–Kier alpha value is -1.06. The number of esters is 1. The Morgan fingerprint density at radius 3 is 2.82 bits per heavy atom. The fourth-order valence-corrected chi connectivity index (χ4v) is 2.15. The monoisotopic (exact) mass is 361 g/mol. The van der Waals surface area contributed by atoms with Gasteiger partial charge < -0.3 is 9.47 Å². The van der Waals surface area contributed by atoms with Crippen LogP contribution in [-0.4, -0.2) is 18.7 Å². The lowest BCUT2D eigenvalue weighted by atomic mass is 10.3. The van der Waals surface area contributed by atoms with Gasteiger partial charge in [0.1, 0.15) is 11.8 Å². The number of hydrogen-bond donors (Lipinski definition) is 0. The number of nitrogens with zero attached hydrogens (tertiary/aromatic N) is 1. The number of carbonyl (C=O) groups excluding carboxylic acids is 1. The molecule has 0 spiro atoms. The van der Waals surface area contributed by atoms with Crippen molar-refractivity contribution in [3.63, 3.8) is 0 Å². The number of rotatable bonds is 4. The molecule has 1 atom stereocenters. The minimum Gasteiger partial charge on any atom is -0.481 e. The second-order valence-electron chi connectivity index (χ2n) is 3.12. The van der Waals surface area contributed by atoms with Gasteiger partial charge in [-0.05, 0) is 41.1 Å². The number of hydrogen-bond acceptors (Lipinski definition) is 4. The first-order valence-corrected chi connectivity index (χ1v) is 6.28. The molecule has 0 saturated heterocycles. The Morgan fingerprint density at radius 1 is 1.53 bits per heavy atom. The summed E-state index contributed by atoms with van der Waals surface area (Å²) in [6.07, 6.45) is -0.764. The van der Waals surface area contributed by atoms with E-state index >= 15 is 0 Å². The summed E-state index contributed by atoms with van der Waals surface area (Å²) in [5, 5.41) is 8.46. The van der Waals surface area contributed by atoms with Crippen molar-refractivity contribution < 1.29 is 14.3 Å². The Kier molecular flexibility index (Phi) is 5.45. The zero-order chi connectivity index (χ0) is 12.8. The van der Waals surface area contributed by atoms with Crippen molar-refractivity contribution >= 4 is 37.8 Å². The van der Waals surface area contributed by atoms with Gasteiger partial charge in [-0.1, -0.05) is 15.9 Å². The molecule has 0 aliphatic heterocycles. The van der Waals surface area contributed by atoms with Gasteiger partial charge in [0.25, 0.3) is 0 Å². The topological polar surface area (TPSA) is 59.3 Å². The number of halogens is 2. The second-order valence-corrected chi connectivity index (χ2v) is 4.89. The van der Waals surface area contributed by atoms with Crippen LogP contribution in [-0.2, 0) is 9.53 Å². The molecule has 0 aliphatic carbocycles. The minimum atomic E-state index is -0.764. The Bertz CT molecular complexity index is 457. The van der Waals surface area contributed by atoms with Crippen molar-refractivity contribution in [2.75, 3.05) is 6.61 Å². The van der Waals surface area contributed by atoms with E-state index in [4.69, 9.17) is 14.7 Å². The fourth-order valence-electron chi connectivity index (χ4n) is 0.986. The summed E-state index contributed by atoms with van der Waals surface area (Å²) in [6, 6.07) is 7.12. The first kappa shape index (κ1) is 14.0. The average molecular weight is 363 g/mol. The highest BCUT2D eigenvalue weighted by atomic mass is 79.9. The molecule has 0 aliphatic rings. The van der Waals surface area contributed by atoms with Crippen molar-refractivity contribution in [2.24, 2.45) is 0 Å². The minimum absolute atomic E-state index is 0.230. The van der Waals surface area contributed by atoms with Gasteiger partial charge in [-0.25, -0.2) is 4.79 Å². The molecule has 0 amide bonds. The molecule has 0 N–H and O–H groups in total. The molecule has 90 valence electrons. The van der Waals surface area contributed by atoms with E-state index in [0.29, 0.717) is 5.75 Å². The van der Waals surface area contributed by atoms with Crippen LogP contribution >= 0.6 is 31.9 Å². The van der Waals surface area contributed by atoms with Crippen LogP contribution in [0.1, 0.15) is 6.92 Å². The molecule has 6 heteroatoms. The van der Waals surface area contributed by atoms with Crippen molar-refractivity contribution in [3.8, 4) is 11.8 Å². The van der Waals surface area contributed by atoms with Gasteiger partial charge in [-0.3, -0.25) is 0 Å². The quantitative estimate of drug-likeness (QED) is 0.772. The number of nitriles is 1. The first-order chi connectivity index (χ1) is 8.02. The van der Waals surface area contributed by atoms with Gasteiger partial charge in [-0.15, -0.1) is 0 Å². The molecule has 0 unspecified atom stereocenters. The van der Waals surface area contributed by atoms with E-state index in [1.807, 2.05) is 0 Å². The lowest BCUT2D eigenvalue weighted by Gasteiger charge is -2.09. The molecule has 0 aromatic heterocycles. The average Bonchev–Trinajstić information content (AvgIpc) is 2.27. The molecule has 1 aromatic carbocycles. The van der Waals surface area contributed by atoms with Crippen LogP contribution in [0.25, 0.3) is 0 Å². The summed E-state index contributed by atoms with van der Waals surface area (Å²) >= 11 is 6.61. The van der Waals surface area contributed by atoms with Gasteiger partial charge in [0.2, 0.25) is 0 Å². The summed E-state index contributed by atoms with van der Waals surface area (Å²) in [7, 11) is 0. The standard InChI is InChI=1S/C11H9Br2NO3/c1-7(5-14)17-11(15)6-16-10-3-2-8(12)4-9(10)13/h2-4,7H,6H2,1H3/t7-/m1/s1. The predicted octanol–water partition coefficient (Wildman–Crippen LogP) is 3.05. The maximum atomic E-state index is 11.2. The normalized spacial score (nSPS) is 11.4. The SMILES string of the molecule is C[C@H](C#N)OC(=O)COc1ccc(Br)cc1Br. The van der Waals surface area contributed by atoms with Crippen molar-refractivity contribution in [1.82, 2.24) is 0 Å². The van der Waals surface area contributed by atoms with Gasteiger partial charge in [0, 0.05) is 4.47 Å². The third kappa shape index (κ3) is 4.75. The highest BCUT2D eigenvalue weighted by Gasteiger charge is 2.10. The Morgan fingerprint density at radius 2 is 2.24 bits per heavy atom. The maximum Gasteiger partial charge on any atom is 0.345 e. The van der Waals surface area contributed by atoms with Crippen LogP contribution in [0.3, 0.4) is 0 Å². The van der Waals surface area contributed by atoms with Crippen LogP contribution in [0.4, 0.5) is 0 Å². The highest BCUT2D eigenvalue weighted by Crippen LogP contribution is 2.28.